The van der Waals surface area contributed by atoms with Gasteiger partial charge in [0.1, 0.15) is 36.7 Å². The number of ketones is 3. The van der Waals surface area contributed by atoms with Gasteiger partial charge in [0.15, 0.2) is 5.78 Å². The number of amides is 2. The van der Waals surface area contributed by atoms with E-state index in [-0.39, 0.29) is 93.8 Å². The zero-order valence-electron chi connectivity index (χ0n) is 45.7. The van der Waals surface area contributed by atoms with Crippen LogP contribution in [0.25, 0.3) is 0 Å². The number of ether oxygens (including phenoxy) is 7. The molecule has 0 spiro atoms. The number of hydrogen-bond donors (Lipinski definition) is 4. The second-order valence-corrected chi connectivity index (χ2v) is 21.2. The predicted molar refractivity (Wildman–Crippen MR) is 275 cm³/mol. The number of Topliss-reactive ketones (excluding diaryl/α,β-unsaturated/α-hetero) is 3. The van der Waals surface area contributed by atoms with Crippen molar-refractivity contribution in [1.82, 2.24) is 10.2 Å². The molecule has 2 saturated heterocycles. The van der Waals surface area contributed by atoms with E-state index in [1.807, 2.05) is 51.2 Å². The maximum Gasteiger partial charge on any atom is 0.406 e. The van der Waals surface area contributed by atoms with E-state index in [1.54, 1.807) is 40.9 Å². The van der Waals surface area contributed by atoms with Crippen molar-refractivity contribution in [3.63, 3.8) is 0 Å². The summed E-state index contributed by atoms with van der Waals surface area (Å²) in [7, 11) is 4.43. The second kappa shape index (κ2) is 30.6. The minimum Gasteiger partial charge on any atom is -0.460 e. The largest absolute Gasteiger partial charge is 0.460 e. The monoisotopic (exact) mass is 1040 g/mol. The number of nitrogens with one attached hydrogen (secondary N) is 1. The number of rotatable bonds is 12. The van der Waals surface area contributed by atoms with Crippen LogP contribution in [0.3, 0.4) is 0 Å². The van der Waals surface area contributed by atoms with Crippen molar-refractivity contribution in [2.75, 3.05) is 54.2 Å². The molecule has 1 aliphatic carbocycles. The molecule has 0 aromatic heterocycles. The molecular formula is C56H88N2O16. The molecule has 2 amide bonds. The topological polar surface area (TPSA) is 243 Å². The number of methoxy groups -OCH3 is 2. The van der Waals surface area contributed by atoms with Crippen molar-refractivity contribution in [3.05, 3.63) is 47.6 Å². The van der Waals surface area contributed by atoms with Gasteiger partial charge in [-0.05, 0) is 107 Å². The van der Waals surface area contributed by atoms with Crippen LogP contribution in [0.5, 0.6) is 0 Å². The molecule has 15 atom stereocenters. The van der Waals surface area contributed by atoms with Crippen molar-refractivity contribution < 1.29 is 77.2 Å². The number of allylic oxidation sites excluding steroid dienone is 6. The van der Waals surface area contributed by atoms with E-state index < -0.39 is 83.9 Å². The van der Waals surface area contributed by atoms with Gasteiger partial charge >= 0.3 is 12.1 Å². The lowest BCUT2D eigenvalue weighted by molar-refractivity contribution is -0.266. The molecule has 1 saturated carbocycles. The molecule has 74 heavy (non-hydrogen) atoms. The van der Waals surface area contributed by atoms with Gasteiger partial charge in [0, 0.05) is 58.4 Å². The molecule has 4 rings (SSSR count). The van der Waals surface area contributed by atoms with E-state index in [4.69, 9.17) is 33.2 Å². The van der Waals surface area contributed by atoms with Gasteiger partial charge in [-0.2, -0.15) is 0 Å². The fraction of sp³-hybridized carbons (Fsp3) is 0.750. The zero-order chi connectivity index (χ0) is 54.7. The van der Waals surface area contributed by atoms with Crippen LogP contribution >= 0.6 is 0 Å². The van der Waals surface area contributed by atoms with Crippen molar-refractivity contribution in [3.8, 4) is 0 Å². The van der Waals surface area contributed by atoms with E-state index in [9.17, 15) is 44.1 Å². The number of aliphatic hydroxyl groups is 3. The van der Waals surface area contributed by atoms with Gasteiger partial charge in [-0.25, -0.2) is 9.59 Å². The van der Waals surface area contributed by atoms with Crippen LogP contribution in [0.4, 0.5) is 4.79 Å². The minimum absolute atomic E-state index is 0.0268. The van der Waals surface area contributed by atoms with Gasteiger partial charge in [0.25, 0.3) is 11.7 Å². The van der Waals surface area contributed by atoms with Gasteiger partial charge < -0.3 is 58.7 Å². The smallest absolute Gasteiger partial charge is 0.406 e. The summed E-state index contributed by atoms with van der Waals surface area (Å²) in [6.07, 6.45) is 10.2. The Balaban J connectivity index is 1.71. The van der Waals surface area contributed by atoms with Gasteiger partial charge in [-0.3, -0.25) is 19.2 Å². The first-order valence-corrected chi connectivity index (χ1v) is 26.8. The molecule has 0 aromatic rings. The van der Waals surface area contributed by atoms with Crippen LogP contribution in [0, 0.1) is 35.5 Å². The average Bonchev–Trinajstić information content (AvgIpc) is 3.38. The fourth-order valence-electron chi connectivity index (χ4n) is 10.8. The Hall–Kier alpha value is -4.14. The first-order valence-electron chi connectivity index (χ1n) is 26.8. The molecule has 2 bridgehead atoms. The first kappa shape index (κ1) is 62.4. The lowest BCUT2D eigenvalue weighted by Crippen LogP contribution is -2.61. The van der Waals surface area contributed by atoms with Crippen LogP contribution in [-0.4, -0.2) is 164 Å². The molecule has 3 aliphatic heterocycles. The summed E-state index contributed by atoms with van der Waals surface area (Å²) in [5.41, 5.74) is 1.13. The SMILES string of the molecule is CNC(=O)OCCOC1C[C@@H]2CC[C@@H](C)[C@@](O)(O2)C(=O)C(=O)N2CCCC[C@H]2C(=O)OC([C@H](C)CC2CC[C@@H](OCCO)[C@H](OC)C2)CC(=O)[C@H](C)/C=C(\C)[C@@H](O)[C@@H](OC)C(=O)[C@H](C)C[C@H](C)/C=C/C=CC=C1C. The molecule has 418 valence electrons. The molecule has 3 unspecified atom stereocenters. The summed E-state index contributed by atoms with van der Waals surface area (Å²) in [5, 5.41) is 35.4. The van der Waals surface area contributed by atoms with Crippen LogP contribution in [-0.2, 0) is 57.1 Å². The highest BCUT2D eigenvalue weighted by Crippen LogP contribution is 2.38. The lowest BCUT2D eigenvalue weighted by atomic mass is 9.78. The standard InChI is InChI=1S/C56H88N2O16/c1-34-16-12-11-13-17-35(2)46(71-26-27-72-55(66)57-8)32-42-21-19-40(7)56(67,74-42)52(63)53(64)58-23-15-14-18-43(58)54(65)73-47(37(4)30-41-20-22-45(70-25-24-59)48(31-41)68-9)33-44(60)36(3)29-39(6)50(62)51(69-10)49(61)38(5)28-34/h11-13,16-17,29,34,36-38,40-43,45-48,50-51,59,62,67H,14-15,18-28,30-33H2,1-10H3,(H,57,66)/b13-11?,16-12+,35-17?,39-29+/t34-,36-,37-,38-,40-,41?,42+,43+,45-,46?,47?,48-,50-,51+,56-/m1/s1. The summed E-state index contributed by atoms with van der Waals surface area (Å²) < 4.78 is 41.2. The third-order valence-corrected chi connectivity index (χ3v) is 15.4. The highest BCUT2D eigenvalue weighted by Gasteiger charge is 2.53. The lowest BCUT2D eigenvalue weighted by Gasteiger charge is -2.43. The number of nitrogens with zero attached hydrogens (tertiary/aromatic N) is 1. The third-order valence-electron chi connectivity index (χ3n) is 15.4. The zero-order valence-corrected chi connectivity index (χ0v) is 45.7. The van der Waals surface area contributed by atoms with Crippen LogP contribution in [0.2, 0.25) is 0 Å². The number of cyclic esters (lactones) is 1. The molecule has 3 fully saturated rings. The van der Waals surface area contributed by atoms with Crippen LogP contribution < -0.4 is 5.32 Å². The Morgan fingerprint density at radius 2 is 1.62 bits per heavy atom. The Morgan fingerprint density at radius 1 is 0.878 bits per heavy atom. The maximum absolute atomic E-state index is 14.6. The van der Waals surface area contributed by atoms with Gasteiger partial charge in [0.2, 0.25) is 5.79 Å². The number of piperidine rings is 1. The number of alkyl carbamates (subject to hydrolysis) is 1. The fourth-order valence-corrected chi connectivity index (χ4v) is 10.8. The summed E-state index contributed by atoms with van der Waals surface area (Å²) in [6.45, 7) is 12.6. The normalized spacial score (nSPS) is 35.7. The average molecular weight is 1050 g/mol. The van der Waals surface area contributed by atoms with Crippen LogP contribution in [0.1, 0.15) is 126 Å². The highest BCUT2D eigenvalue weighted by molar-refractivity contribution is 6.39. The Bertz CT molecular complexity index is 1990. The molecule has 3 heterocycles. The van der Waals surface area contributed by atoms with Gasteiger partial charge in [-0.15, -0.1) is 0 Å². The van der Waals surface area contributed by atoms with Crippen molar-refractivity contribution >= 4 is 35.3 Å². The summed E-state index contributed by atoms with van der Waals surface area (Å²) >= 11 is 0. The van der Waals surface area contributed by atoms with Crippen molar-refractivity contribution in [1.29, 1.82) is 0 Å². The van der Waals surface area contributed by atoms with Crippen LogP contribution in [0.15, 0.2) is 47.6 Å². The molecular weight excluding hydrogens is 957 g/mol. The summed E-state index contributed by atoms with van der Waals surface area (Å²) in [6, 6.07) is -1.19. The molecule has 4 aliphatic rings. The number of carbonyl (C=O) groups is 6. The quantitative estimate of drug-likeness (QED) is 0.0767. The number of hydrogen-bond acceptors (Lipinski definition) is 16. The molecule has 0 aromatic carbocycles. The number of fused-ring (bicyclic) bond motifs is 3. The number of aliphatic hydroxyl groups excluding tert-OH is 2. The Kier molecular flexibility index (Phi) is 25.8. The van der Waals surface area contributed by atoms with Crippen molar-refractivity contribution in [2.45, 2.75) is 180 Å². The molecule has 4 N–H and O–H groups in total. The Labute approximate surface area is 438 Å². The van der Waals surface area contributed by atoms with E-state index in [0.29, 0.717) is 56.9 Å². The van der Waals surface area contributed by atoms with E-state index in [0.717, 1.165) is 12.0 Å². The number of esters is 1. The van der Waals surface area contributed by atoms with Crippen molar-refractivity contribution in [2.24, 2.45) is 35.5 Å². The number of carbonyl (C=O) groups excluding carboxylic acids is 6. The molecule has 0 radical (unpaired) electrons. The third kappa shape index (κ3) is 17.7. The second-order valence-electron chi connectivity index (χ2n) is 21.2. The van der Waals surface area contributed by atoms with Gasteiger partial charge in [0.05, 0.1) is 44.2 Å². The summed E-state index contributed by atoms with van der Waals surface area (Å²) in [5.74, 6) is -8.46. The summed E-state index contributed by atoms with van der Waals surface area (Å²) in [4.78, 5) is 84.4. The maximum atomic E-state index is 14.6. The van der Waals surface area contributed by atoms with E-state index >= 15 is 0 Å². The first-order chi connectivity index (χ1) is 35.2. The van der Waals surface area contributed by atoms with E-state index in [2.05, 4.69) is 5.32 Å². The predicted octanol–water partition coefficient (Wildman–Crippen LogP) is 5.92. The van der Waals surface area contributed by atoms with E-state index in [1.165, 1.54) is 19.1 Å². The Morgan fingerprint density at radius 3 is 2.31 bits per heavy atom. The van der Waals surface area contributed by atoms with Gasteiger partial charge in [-0.1, -0.05) is 71.1 Å². The highest BCUT2D eigenvalue weighted by atomic mass is 16.6. The molecule has 18 heteroatoms. The molecule has 18 nitrogen and oxygen atoms in total. The minimum atomic E-state index is -2.52.